The Morgan fingerprint density at radius 2 is 1.71 bits per heavy atom. The van der Waals surface area contributed by atoms with Crippen LogP contribution in [0.15, 0.2) is 48.5 Å². The van der Waals surface area contributed by atoms with Crippen LogP contribution in [0.25, 0.3) is 11.1 Å². The van der Waals surface area contributed by atoms with Crippen molar-refractivity contribution in [1.29, 1.82) is 0 Å². The summed E-state index contributed by atoms with van der Waals surface area (Å²) >= 11 is 0. The Kier molecular flexibility index (Phi) is 6.87. The number of rotatable bonds is 9. The first-order chi connectivity index (χ1) is 16.4. The van der Waals surface area contributed by atoms with Gasteiger partial charge in [-0.25, -0.2) is 4.79 Å². The first-order valence-electron chi connectivity index (χ1n) is 11.5. The first kappa shape index (κ1) is 23.4. The highest BCUT2D eigenvalue weighted by Gasteiger charge is 2.39. The van der Waals surface area contributed by atoms with Crippen molar-refractivity contribution < 1.29 is 24.2 Å². The van der Waals surface area contributed by atoms with Crippen LogP contribution in [0.5, 0.6) is 0 Å². The molecule has 0 aliphatic heterocycles. The Morgan fingerprint density at radius 1 is 1.09 bits per heavy atom. The van der Waals surface area contributed by atoms with Crippen LogP contribution >= 0.6 is 0 Å². The van der Waals surface area contributed by atoms with Crippen LogP contribution in [0, 0.1) is 12.3 Å². The largest absolute Gasteiger partial charge is 0.481 e. The SMILES string of the molecule is C#CCC1(NC(=O)C(CCC(=O)O)NC(=O)OCC2c3ccccc3-c3ccccc32)CCC1. The Balaban J connectivity index is 1.41. The molecule has 2 aliphatic rings. The molecular formula is C27H28N2O5. The van der Waals surface area contributed by atoms with Crippen molar-refractivity contribution >= 4 is 18.0 Å². The summed E-state index contributed by atoms with van der Waals surface area (Å²) in [6.07, 6.45) is 7.28. The summed E-state index contributed by atoms with van der Waals surface area (Å²) in [6, 6.07) is 15.0. The standard InChI is InChI=1S/C27H28N2O5/c1-2-14-27(15-7-16-27)29-25(32)23(12-13-24(30)31)28-26(33)34-17-22-20-10-5-3-8-18(20)19-9-4-6-11-21(19)22/h1,3-6,8-11,22-23H,7,12-17H2,(H,28,33)(H,29,32)(H,30,31). The molecule has 0 bridgehead atoms. The number of carboxylic acids is 1. The first-order valence-corrected chi connectivity index (χ1v) is 11.5. The predicted octanol–water partition coefficient (Wildman–Crippen LogP) is 3.82. The molecule has 1 saturated carbocycles. The molecule has 7 nitrogen and oxygen atoms in total. The number of carbonyl (C=O) groups excluding carboxylic acids is 2. The molecule has 0 radical (unpaired) electrons. The van der Waals surface area contributed by atoms with Gasteiger partial charge in [0.05, 0.1) is 5.54 Å². The summed E-state index contributed by atoms with van der Waals surface area (Å²) in [5.41, 5.74) is 3.92. The van der Waals surface area contributed by atoms with Crippen molar-refractivity contribution in [3.05, 3.63) is 59.7 Å². The number of amides is 2. The highest BCUT2D eigenvalue weighted by atomic mass is 16.5. The summed E-state index contributed by atoms with van der Waals surface area (Å²) < 4.78 is 5.54. The Morgan fingerprint density at radius 3 is 2.24 bits per heavy atom. The van der Waals surface area contributed by atoms with E-state index in [-0.39, 0.29) is 25.4 Å². The number of hydrogen-bond acceptors (Lipinski definition) is 4. The minimum Gasteiger partial charge on any atom is -0.481 e. The van der Waals surface area contributed by atoms with Crippen molar-refractivity contribution in [1.82, 2.24) is 10.6 Å². The number of aliphatic carboxylic acids is 1. The number of alkyl carbamates (subject to hydrolysis) is 1. The van der Waals surface area contributed by atoms with E-state index in [9.17, 15) is 14.4 Å². The van der Waals surface area contributed by atoms with E-state index in [4.69, 9.17) is 16.3 Å². The second-order valence-corrected chi connectivity index (χ2v) is 8.96. The molecule has 2 aromatic rings. The minimum atomic E-state index is -1.05. The topological polar surface area (TPSA) is 105 Å². The molecule has 2 aromatic carbocycles. The van der Waals surface area contributed by atoms with E-state index in [2.05, 4.69) is 16.6 Å². The van der Waals surface area contributed by atoms with Gasteiger partial charge in [0.1, 0.15) is 12.6 Å². The maximum Gasteiger partial charge on any atom is 0.407 e. The summed E-state index contributed by atoms with van der Waals surface area (Å²) in [6.45, 7) is 0.105. The van der Waals surface area contributed by atoms with Gasteiger partial charge in [-0.2, -0.15) is 0 Å². The molecule has 0 spiro atoms. The van der Waals surface area contributed by atoms with Gasteiger partial charge in [-0.15, -0.1) is 12.3 Å². The normalized spacial score (nSPS) is 16.2. The lowest BCUT2D eigenvalue weighted by atomic mass is 9.74. The van der Waals surface area contributed by atoms with Crippen LogP contribution in [-0.2, 0) is 14.3 Å². The van der Waals surface area contributed by atoms with Crippen LogP contribution in [-0.4, -0.2) is 41.3 Å². The second-order valence-electron chi connectivity index (χ2n) is 8.96. The fraction of sp³-hybridized carbons (Fsp3) is 0.370. The molecule has 176 valence electrons. The van der Waals surface area contributed by atoms with E-state index >= 15 is 0 Å². The van der Waals surface area contributed by atoms with Gasteiger partial charge < -0.3 is 20.5 Å². The van der Waals surface area contributed by atoms with E-state index in [1.54, 1.807) is 0 Å². The number of carboxylic acid groups (broad SMARTS) is 1. The molecule has 1 atom stereocenters. The van der Waals surface area contributed by atoms with Crippen LogP contribution in [0.2, 0.25) is 0 Å². The van der Waals surface area contributed by atoms with Crippen LogP contribution in [0.1, 0.15) is 55.6 Å². The number of terminal acetylenes is 1. The number of benzene rings is 2. The fourth-order valence-electron chi connectivity index (χ4n) is 4.81. The summed E-state index contributed by atoms with van der Waals surface area (Å²) in [5.74, 6) is 0.993. The predicted molar refractivity (Wildman–Crippen MR) is 127 cm³/mol. The van der Waals surface area contributed by atoms with Gasteiger partial charge in [0, 0.05) is 18.8 Å². The zero-order chi connectivity index (χ0) is 24.1. The van der Waals surface area contributed by atoms with Gasteiger partial charge in [0.15, 0.2) is 0 Å². The van der Waals surface area contributed by atoms with Crippen LogP contribution < -0.4 is 10.6 Å². The quantitative estimate of drug-likeness (QED) is 0.494. The molecule has 1 unspecified atom stereocenters. The molecule has 0 saturated heterocycles. The van der Waals surface area contributed by atoms with Gasteiger partial charge in [0.2, 0.25) is 5.91 Å². The van der Waals surface area contributed by atoms with Crippen LogP contribution in [0.3, 0.4) is 0 Å². The van der Waals surface area contributed by atoms with E-state index in [1.165, 1.54) is 0 Å². The van der Waals surface area contributed by atoms with Crippen molar-refractivity contribution in [3.63, 3.8) is 0 Å². The smallest absolute Gasteiger partial charge is 0.407 e. The summed E-state index contributed by atoms with van der Waals surface area (Å²) in [4.78, 5) is 36.7. The number of hydrogen-bond donors (Lipinski definition) is 3. The molecule has 0 aromatic heterocycles. The second kappa shape index (κ2) is 10.0. The monoisotopic (exact) mass is 460 g/mol. The number of fused-ring (bicyclic) bond motifs is 3. The van der Waals surface area contributed by atoms with Gasteiger partial charge in [-0.05, 0) is 47.9 Å². The van der Waals surface area contributed by atoms with E-state index in [0.717, 1.165) is 41.5 Å². The van der Waals surface area contributed by atoms with Gasteiger partial charge in [-0.1, -0.05) is 48.5 Å². The lowest BCUT2D eigenvalue weighted by Crippen LogP contribution is -2.58. The van der Waals surface area contributed by atoms with Crippen molar-refractivity contribution in [2.24, 2.45) is 0 Å². The Hall–Kier alpha value is -3.79. The zero-order valence-corrected chi connectivity index (χ0v) is 18.9. The summed E-state index contributed by atoms with van der Waals surface area (Å²) in [7, 11) is 0. The average molecular weight is 461 g/mol. The van der Waals surface area contributed by atoms with Crippen molar-refractivity contribution in [2.45, 2.75) is 56.0 Å². The van der Waals surface area contributed by atoms with Crippen LogP contribution in [0.4, 0.5) is 4.79 Å². The highest BCUT2D eigenvalue weighted by molar-refractivity contribution is 5.87. The maximum atomic E-state index is 12.9. The van der Waals surface area contributed by atoms with Gasteiger partial charge in [0.25, 0.3) is 0 Å². The molecule has 4 rings (SSSR count). The number of ether oxygens (including phenoxy) is 1. The lowest BCUT2D eigenvalue weighted by molar-refractivity contribution is -0.137. The van der Waals surface area contributed by atoms with Crippen molar-refractivity contribution in [2.75, 3.05) is 6.61 Å². The molecule has 7 heteroatoms. The molecular weight excluding hydrogens is 432 g/mol. The molecule has 0 heterocycles. The molecule has 1 fully saturated rings. The Labute approximate surface area is 198 Å². The minimum absolute atomic E-state index is 0.0442. The maximum absolute atomic E-state index is 12.9. The average Bonchev–Trinajstić information content (AvgIpc) is 3.12. The third-order valence-corrected chi connectivity index (χ3v) is 6.74. The van der Waals surface area contributed by atoms with E-state index < -0.39 is 29.6 Å². The number of carbonyl (C=O) groups is 3. The number of nitrogens with one attached hydrogen (secondary N) is 2. The lowest BCUT2D eigenvalue weighted by Gasteiger charge is -2.42. The fourth-order valence-corrected chi connectivity index (χ4v) is 4.81. The molecule has 2 aliphatic carbocycles. The van der Waals surface area contributed by atoms with E-state index in [0.29, 0.717) is 6.42 Å². The molecule has 3 N–H and O–H groups in total. The zero-order valence-electron chi connectivity index (χ0n) is 18.9. The third-order valence-electron chi connectivity index (χ3n) is 6.74. The van der Waals surface area contributed by atoms with E-state index in [1.807, 2.05) is 48.5 Å². The van der Waals surface area contributed by atoms with Gasteiger partial charge >= 0.3 is 12.1 Å². The van der Waals surface area contributed by atoms with Gasteiger partial charge in [-0.3, -0.25) is 9.59 Å². The Bertz CT molecular complexity index is 1090. The highest BCUT2D eigenvalue weighted by Crippen LogP contribution is 2.44. The third kappa shape index (κ3) is 4.91. The van der Waals surface area contributed by atoms with Crippen molar-refractivity contribution in [3.8, 4) is 23.5 Å². The summed E-state index contributed by atoms with van der Waals surface area (Å²) in [5, 5.41) is 14.6. The molecule has 2 amide bonds. The molecule has 34 heavy (non-hydrogen) atoms.